The summed E-state index contributed by atoms with van der Waals surface area (Å²) in [5, 5.41) is 8.81. The Morgan fingerprint density at radius 1 is 0.941 bits per heavy atom. The molecule has 0 atom stereocenters. The molecule has 102 valence electrons. The lowest BCUT2D eigenvalue weighted by Crippen LogP contribution is -2.44. The average Bonchev–Trinajstić information content (AvgIpc) is 2.30. The lowest BCUT2D eigenvalue weighted by Gasteiger charge is -2.31. The van der Waals surface area contributed by atoms with Crippen LogP contribution in [-0.4, -0.2) is 56.5 Å². The Labute approximate surface area is 100.0 Å². The van der Waals surface area contributed by atoms with E-state index in [1.807, 2.05) is 0 Å². The van der Waals surface area contributed by atoms with Gasteiger partial charge in [-0.1, -0.05) is 0 Å². The number of carboxylic acid groups (broad SMARTS) is 1. The number of hydrogen-bond donors (Lipinski definition) is 4. The van der Waals surface area contributed by atoms with Crippen molar-refractivity contribution >= 4 is 5.97 Å². The fraction of sp³-hybridized carbons (Fsp3) is 0.889. The first-order chi connectivity index (χ1) is 8.10. The Morgan fingerprint density at radius 3 is 1.53 bits per heavy atom. The molecule has 0 heterocycles. The zero-order valence-corrected chi connectivity index (χ0v) is 9.76. The van der Waals surface area contributed by atoms with E-state index in [0.29, 0.717) is 0 Å². The molecule has 7 N–H and O–H groups in total. The SMILES string of the molecule is NCCOC(CC(=O)O)(OCCN)OCCN. The minimum absolute atomic E-state index is 0.114. The zero-order valence-electron chi connectivity index (χ0n) is 9.76. The van der Waals surface area contributed by atoms with Crippen LogP contribution in [0.3, 0.4) is 0 Å². The quantitative estimate of drug-likeness (QED) is 0.310. The zero-order chi connectivity index (χ0) is 13.1. The highest BCUT2D eigenvalue weighted by Crippen LogP contribution is 2.20. The van der Waals surface area contributed by atoms with E-state index in [9.17, 15) is 4.79 Å². The van der Waals surface area contributed by atoms with E-state index in [2.05, 4.69) is 0 Å². The second-order valence-electron chi connectivity index (χ2n) is 3.16. The van der Waals surface area contributed by atoms with Crippen LogP contribution >= 0.6 is 0 Å². The summed E-state index contributed by atoms with van der Waals surface area (Å²) >= 11 is 0. The maximum absolute atomic E-state index is 10.8. The van der Waals surface area contributed by atoms with Gasteiger partial charge in [0.1, 0.15) is 6.42 Å². The summed E-state index contributed by atoms with van der Waals surface area (Å²) in [6.45, 7) is 1.01. The summed E-state index contributed by atoms with van der Waals surface area (Å²) in [5.41, 5.74) is 15.9. The molecule has 0 unspecified atom stereocenters. The maximum atomic E-state index is 10.8. The van der Waals surface area contributed by atoms with Gasteiger partial charge in [-0.25, -0.2) is 0 Å². The standard InChI is InChI=1S/C9H21N3O5/c10-1-4-15-9(7-8(13)14,16-5-2-11)17-6-3-12/h1-7,10-12H2,(H,13,14). The van der Waals surface area contributed by atoms with E-state index in [-0.39, 0.29) is 39.5 Å². The minimum Gasteiger partial charge on any atom is -0.481 e. The monoisotopic (exact) mass is 251 g/mol. The molecule has 8 nitrogen and oxygen atoms in total. The summed E-state index contributed by atoms with van der Waals surface area (Å²) in [7, 11) is 0. The number of rotatable bonds is 11. The van der Waals surface area contributed by atoms with Crippen molar-refractivity contribution in [2.75, 3.05) is 39.5 Å². The van der Waals surface area contributed by atoms with Gasteiger partial charge in [-0.2, -0.15) is 0 Å². The van der Waals surface area contributed by atoms with Gasteiger partial charge in [0, 0.05) is 19.6 Å². The van der Waals surface area contributed by atoms with E-state index in [0.717, 1.165) is 0 Å². The van der Waals surface area contributed by atoms with Crippen molar-refractivity contribution in [1.82, 2.24) is 0 Å². The number of ether oxygens (including phenoxy) is 3. The van der Waals surface area contributed by atoms with Crippen LogP contribution < -0.4 is 17.2 Å². The van der Waals surface area contributed by atoms with E-state index in [1.54, 1.807) is 0 Å². The second kappa shape index (κ2) is 9.28. The number of aliphatic carboxylic acids is 1. The van der Waals surface area contributed by atoms with E-state index in [4.69, 9.17) is 36.5 Å². The van der Waals surface area contributed by atoms with Crippen molar-refractivity contribution in [3.63, 3.8) is 0 Å². The Hall–Kier alpha value is -0.770. The van der Waals surface area contributed by atoms with E-state index in [1.165, 1.54) is 0 Å². The third-order valence-corrected chi connectivity index (χ3v) is 1.69. The average molecular weight is 251 g/mol. The number of hydrogen-bond acceptors (Lipinski definition) is 7. The summed E-state index contributed by atoms with van der Waals surface area (Å²) in [5.74, 6) is -2.78. The molecule has 0 aliphatic rings. The number of carboxylic acids is 1. The molecule has 0 aromatic rings. The van der Waals surface area contributed by atoms with Crippen molar-refractivity contribution < 1.29 is 24.1 Å². The Kier molecular flexibility index (Phi) is 8.86. The molecule has 0 fully saturated rings. The van der Waals surface area contributed by atoms with Crippen molar-refractivity contribution in [2.45, 2.75) is 12.4 Å². The molecular weight excluding hydrogens is 230 g/mol. The van der Waals surface area contributed by atoms with E-state index >= 15 is 0 Å². The fourth-order valence-electron chi connectivity index (χ4n) is 1.11. The first kappa shape index (κ1) is 16.2. The minimum atomic E-state index is -1.66. The Bertz CT molecular complexity index is 193. The van der Waals surface area contributed by atoms with Crippen LogP contribution in [0.5, 0.6) is 0 Å². The van der Waals surface area contributed by atoms with Crippen LogP contribution in [0, 0.1) is 0 Å². The van der Waals surface area contributed by atoms with Gasteiger partial charge in [0.25, 0.3) is 5.97 Å². The molecule has 17 heavy (non-hydrogen) atoms. The molecular formula is C9H21N3O5. The van der Waals surface area contributed by atoms with Crippen LogP contribution in [0.15, 0.2) is 0 Å². The molecule has 0 saturated heterocycles. The molecule has 0 rings (SSSR count). The second-order valence-corrected chi connectivity index (χ2v) is 3.16. The summed E-state index contributed by atoms with van der Waals surface area (Å²) in [4.78, 5) is 10.8. The van der Waals surface area contributed by atoms with Crippen LogP contribution in [0.2, 0.25) is 0 Å². The van der Waals surface area contributed by atoms with E-state index < -0.39 is 18.4 Å². The van der Waals surface area contributed by atoms with Gasteiger partial charge >= 0.3 is 5.97 Å². The predicted octanol–water partition coefficient (Wildman–Crippen LogP) is -1.96. The van der Waals surface area contributed by atoms with Crippen molar-refractivity contribution in [3.8, 4) is 0 Å². The predicted molar refractivity (Wildman–Crippen MR) is 60.0 cm³/mol. The molecule has 0 bridgehead atoms. The molecule has 0 aromatic heterocycles. The highest BCUT2D eigenvalue weighted by atomic mass is 16.9. The molecule has 0 amide bonds. The van der Waals surface area contributed by atoms with Gasteiger partial charge in [0.05, 0.1) is 19.8 Å². The molecule has 0 saturated carbocycles. The van der Waals surface area contributed by atoms with Crippen molar-refractivity contribution in [2.24, 2.45) is 17.2 Å². The highest BCUT2D eigenvalue weighted by molar-refractivity contribution is 5.67. The molecule has 0 aromatic carbocycles. The first-order valence-electron chi connectivity index (χ1n) is 5.34. The summed E-state index contributed by atoms with van der Waals surface area (Å²) < 4.78 is 15.7. The van der Waals surface area contributed by atoms with Crippen LogP contribution in [0.25, 0.3) is 0 Å². The highest BCUT2D eigenvalue weighted by Gasteiger charge is 2.36. The van der Waals surface area contributed by atoms with Gasteiger partial charge in [0.15, 0.2) is 0 Å². The largest absolute Gasteiger partial charge is 0.481 e. The number of carbonyl (C=O) groups is 1. The molecule has 8 heteroatoms. The lowest BCUT2D eigenvalue weighted by atomic mass is 10.3. The lowest BCUT2D eigenvalue weighted by molar-refractivity contribution is -0.377. The normalized spacial score (nSPS) is 11.7. The number of nitrogens with two attached hydrogens (primary N) is 3. The van der Waals surface area contributed by atoms with Gasteiger partial charge in [-0.15, -0.1) is 0 Å². The van der Waals surface area contributed by atoms with Crippen molar-refractivity contribution in [1.29, 1.82) is 0 Å². The molecule has 0 aliphatic heterocycles. The van der Waals surface area contributed by atoms with Crippen LogP contribution in [0.1, 0.15) is 6.42 Å². The first-order valence-corrected chi connectivity index (χ1v) is 5.34. The molecule has 0 aliphatic carbocycles. The molecule has 0 radical (unpaired) electrons. The summed E-state index contributed by atoms with van der Waals surface area (Å²) in [6.07, 6.45) is -0.465. The van der Waals surface area contributed by atoms with Gasteiger partial charge in [0.2, 0.25) is 0 Å². The Balaban J connectivity index is 4.56. The molecule has 0 spiro atoms. The van der Waals surface area contributed by atoms with Gasteiger partial charge < -0.3 is 36.5 Å². The van der Waals surface area contributed by atoms with Gasteiger partial charge in [-0.05, 0) is 0 Å². The third kappa shape index (κ3) is 7.21. The van der Waals surface area contributed by atoms with Gasteiger partial charge in [-0.3, -0.25) is 4.79 Å². The van der Waals surface area contributed by atoms with Crippen molar-refractivity contribution in [3.05, 3.63) is 0 Å². The maximum Gasteiger partial charge on any atom is 0.311 e. The fourth-order valence-corrected chi connectivity index (χ4v) is 1.11. The summed E-state index contributed by atoms with van der Waals surface area (Å²) in [6, 6.07) is 0. The Morgan fingerprint density at radius 2 is 1.29 bits per heavy atom. The van der Waals surface area contributed by atoms with Crippen LogP contribution in [-0.2, 0) is 19.0 Å². The smallest absolute Gasteiger partial charge is 0.311 e. The third-order valence-electron chi connectivity index (χ3n) is 1.69. The topological polar surface area (TPSA) is 143 Å². The van der Waals surface area contributed by atoms with Crippen LogP contribution in [0.4, 0.5) is 0 Å².